The van der Waals surface area contributed by atoms with Gasteiger partial charge in [-0.2, -0.15) is 8.78 Å². The summed E-state index contributed by atoms with van der Waals surface area (Å²) in [5.74, 6) is -40.8. The third kappa shape index (κ3) is 8.03. The van der Waals surface area contributed by atoms with Gasteiger partial charge in [0.05, 0.1) is 38.9 Å². The predicted molar refractivity (Wildman–Crippen MR) is 201 cm³/mol. The number of aromatic carboxylic acids is 4. The van der Waals surface area contributed by atoms with Gasteiger partial charge in [-0.05, 0) is 73.9 Å². The van der Waals surface area contributed by atoms with Crippen molar-refractivity contribution in [3.05, 3.63) is 127 Å². The van der Waals surface area contributed by atoms with Gasteiger partial charge in [-0.25, -0.2) is 51.1 Å². The minimum absolute atomic E-state index is 0.0389. The van der Waals surface area contributed by atoms with Crippen LogP contribution < -0.4 is 9.47 Å². The number of carboxylic acid groups (broad SMARTS) is 8. The first-order valence-corrected chi connectivity index (χ1v) is 17.8. The molecule has 0 fully saturated rings. The Labute approximate surface area is 366 Å². The second-order valence-electron chi connectivity index (χ2n) is 13.9. The Morgan fingerprint density at radius 3 is 1.22 bits per heavy atom. The monoisotopic (exact) mass is 952 g/mol. The quantitative estimate of drug-likeness (QED) is 0.0288. The summed E-state index contributed by atoms with van der Waals surface area (Å²) in [5, 5.41) is 78.6. The average Bonchev–Trinajstić information content (AvgIpc) is 3.21. The summed E-state index contributed by atoms with van der Waals surface area (Å²) < 4.78 is 109. The summed E-state index contributed by atoms with van der Waals surface area (Å²) in [7, 11) is 0. The number of benzene rings is 4. The van der Waals surface area contributed by atoms with Crippen molar-refractivity contribution < 1.29 is 125 Å². The molecule has 0 saturated heterocycles. The molecule has 4 aromatic carbocycles. The van der Waals surface area contributed by atoms with E-state index in [1.165, 1.54) is 0 Å². The molecule has 8 N–H and O–H groups in total. The van der Waals surface area contributed by atoms with Crippen molar-refractivity contribution in [2.75, 3.05) is 0 Å². The number of carbonyl (C=O) groups is 10. The molecule has 67 heavy (non-hydrogen) atoms. The Bertz CT molecular complexity index is 2850. The Kier molecular flexibility index (Phi) is 13.6. The van der Waals surface area contributed by atoms with Crippen LogP contribution in [0.2, 0.25) is 0 Å². The van der Waals surface area contributed by atoms with Gasteiger partial charge >= 0.3 is 65.6 Å². The van der Waals surface area contributed by atoms with E-state index in [4.69, 9.17) is 9.47 Å². The van der Waals surface area contributed by atoms with E-state index in [1.807, 2.05) is 0 Å². The smallest absolute Gasteiger partial charge is 0.376 e. The van der Waals surface area contributed by atoms with Gasteiger partial charge in [0.1, 0.15) is 28.5 Å². The number of aryl methyl sites for hydroxylation is 2. The van der Waals surface area contributed by atoms with Gasteiger partial charge in [-0.3, -0.25) is 14.4 Å². The van der Waals surface area contributed by atoms with Gasteiger partial charge in [0.25, 0.3) is 11.8 Å². The van der Waals surface area contributed by atoms with Crippen LogP contribution in [0.1, 0.15) is 102 Å². The van der Waals surface area contributed by atoms with Crippen LogP contribution in [0.25, 0.3) is 0 Å². The molecule has 1 unspecified atom stereocenters. The summed E-state index contributed by atoms with van der Waals surface area (Å²) in [6.45, 7) is 1.67. The molecular formula is C41H26F6O20. The zero-order valence-electron chi connectivity index (χ0n) is 33.4. The lowest BCUT2D eigenvalue weighted by molar-refractivity contribution is -0.204. The van der Waals surface area contributed by atoms with Gasteiger partial charge in [-0.1, -0.05) is 12.1 Å². The van der Waals surface area contributed by atoms with Crippen LogP contribution in [-0.2, 0) is 24.6 Å². The van der Waals surface area contributed by atoms with Crippen molar-refractivity contribution in [3.8, 4) is 11.5 Å². The van der Waals surface area contributed by atoms with Gasteiger partial charge in [0.15, 0.2) is 0 Å². The molecule has 20 nitrogen and oxygen atoms in total. The molecule has 26 heteroatoms. The number of carbonyl (C=O) groups excluding carboxylic acids is 2. The topological polar surface area (TPSA) is 351 Å². The third-order valence-corrected chi connectivity index (χ3v) is 10.2. The molecule has 0 spiro atoms. The molecule has 0 heterocycles. The van der Waals surface area contributed by atoms with E-state index in [9.17, 15) is 88.8 Å². The van der Waals surface area contributed by atoms with Crippen molar-refractivity contribution in [2.24, 2.45) is 5.41 Å². The lowest BCUT2D eigenvalue weighted by Gasteiger charge is -2.46. The number of aliphatic carboxylic acids is 4. The van der Waals surface area contributed by atoms with E-state index in [1.54, 1.807) is 0 Å². The summed E-state index contributed by atoms with van der Waals surface area (Å²) in [4.78, 5) is 125. The Balaban J connectivity index is 2.21. The zero-order chi connectivity index (χ0) is 51.2. The predicted octanol–water partition coefficient (Wildman–Crippen LogP) is 5.31. The second kappa shape index (κ2) is 18.0. The largest absolute Gasteiger partial charge is 0.480 e. The first-order chi connectivity index (χ1) is 30.9. The molecule has 0 aliphatic carbocycles. The van der Waals surface area contributed by atoms with Crippen LogP contribution in [0.4, 0.5) is 26.3 Å². The molecule has 0 bridgehead atoms. The molecule has 0 radical (unpaired) electrons. The summed E-state index contributed by atoms with van der Waals surface area (Å²) in [6.07, 6.45) is -4.56. The van der Waals surface area contributed by atoms with Gasteiger partial charge in [0.2, 0.25) is 0 Å². The van der Waals surface area contributed by atoms with Crippen LogP contribution in [-0.4, -0.2) is 106 Å². The summed E-state index contributed by atoms with van der Waals surface area (Å²) in [5.41, 5.74) is -28.0. The van der Waals surface area contributed by atoms with E-state index in [0.29, 0.717) is 30.3 Å². The van der Waals surface area contributed by atoms with Crippen molar-refractivity contribution in [2.45, 2.75) is 38.5 Å². The number of hydrogen-bond acceptors (Lipinski definition) is 12. The van der Waals surface area contributed by atoms with Crippen molar-refractivity contribution in [3.63, 3.8) is 0 Å². The fourth-order valence-electron chi connectivity index (χ4n) is 7.21. The Hall–Kier alpha value is -8.84. The number of carboxylic acids is 8. The second-order valence-corrected chi connectivity index (χ2v) is 13.9. The Morgan fingerprint density at radius 2 is 0.896 bits per heavy atom. The number of rotatable bonds is 17. The molecule has 4 aromatic rings. The SMILES string of the molecule is Cc1cc(C(c2c(F)c(C)c(OC(=O)c3ccc(C(=O)O)c(C(=O)O)c3)c(C(F)F)c2F)(C(F)(F)C(=O)O)C(C(=O)O)(C(=O)O)C(=O)O)cc(C)c1OC(=O)c1ccc(C(=O)O)c(C(=O)O)c1. The van der Waals surface area contributed by atoms with Crippen molar-refractivity contribution in [1.82, 2.24) is 0 Å². The fraction of sp³-hybridized carbons (Fsp3) is 0.171. The minimum Gasteiger partial charge on any atom is -0.480 e. The molecule has 0 saturated carbocycles. The highest BCUT2D eigenvalue weighted by molar-refractivity contribution is 6.20. The van der Waals surface area contributed by atoms with Crippen molar-refractivity contribution >= 4 is 59.7 Å². The first-order valence-electron chi connectivity index (χ1n) is 17.8. The number of esters is 2. The minimum atomic E-state index is -6.50. The van der Waals surface area contributed by atoms with Crippen LogP contribution in [0.5, 0.6) is 11.5 Å². The number of hydrogen-bond donors (Lipinski definition) is 8. The normalized spacial score (nSPS) is 12.4. The molecule has 4 rings (SSSR count). The Morgan fingerprint density at radius 1 is 0.522 bits per heavy atom. The molecule has 0 aromatic heterocycles. The lowest BCUT2D eigenvalue weighted by atomic mass is 9.52. The van der Waals surface area contributed by atoms with Crippen LogP contribution in [0, 0.1) is 37.8 Å². The van der Waals surface area contributed by atoms with E-state index >= 15 is 26.3 Å². The molecule has 352 valence electrons. The first kappa shape index (κ1) is 50.8. The van der Waals surface area contributed by atoms with Gasteiger partial charge in [0, 0.05) is 11.1 Å². The summed E-state index contributed by atoms with van der Waals surface area (Å²) >= 11 is 0. The average molecular weight is 953 g/mol. The maximum atomic E-state index is 17.2. The maximum Gasteiger partial charge on any atom is 0.376 e. The number of halogens is 6. The van der Waals surface area contributed by atoms with Gasteiger partial charge in [-0.15, -0.1) is 0 Å². The van der Waals surface area contributed by atoms with E-state index < -0.39 is 173 Å². The number of ether oxygens (including phenoxy) is 2. The highest BCUT2D eigenvalue weighted by Crippen LogP contribution is 2.61. The highest BCUT2D eigenvalue weighted by Gasteiger charge is 2.82. The molecule has 1 atom stereocenters. The van der Waals surface area contributed by atoms with Crippen LogP contribution >= 0.6 is 0 Å². The van der Waals surface area contributed by atoms with Gasteiger partial charge < -0.3 is 50.3 Å². The zero-order valence-corrected chi connectivity index (χ0v) is 33.4. The summed E-state index contributed by atoms with van der Waals surface area (Å²) in [6, 6.07) is 3.26. The molecule has 0 amide bonds. The third-order valence-electron chi connectivity index (χ3n) is 10.2. The van der Waals surface area contributed by atoms with E-state index in [2.05, 4.69) is 0 Å². The lowest BCUT2D eigenvalue weighted by Crippen LogP contribution is -2.70. The molecule has 0 aliphatic heterocycles. The van der Waals surface area contributed by atoms with E-state index in [0.717, 1.165) is 19.9 Å². The van der Waals surface area contributed by atoms with Crippen LogP contribution in [0.3, 0.4) is 0 Å². The fourth-order valence-corrected chi connectivity index (χ4v) is 7.21. The molecule has 0 aliphatic rings. The maximum absolute atomic E-state index is 17.2. The highest BCUT2D eigenvalue weighted by atomic mass is 19.3. The standard InChI is InChI=1S/C41H26F6O20/c1-12-8-17(9-13(2)26(12)66-33(56)15-4-6-18(29(48)49)20(10-15)31(52)53)40(41(46,47)38(64)65,39(35(58)59,36(60)61)37(62)63)23-24(42)14(3)27(22(25(23)43)28(44)45)67-34(57)16-5-7-19(30(50)51)21(11-16)32(54)55/h4-11,28H,1-3H3,(H,48,49)(H,50,51)(H,52,53)(H,54,55)(H,58,59)(H,60,61)(H,62,63)(H,64,65). The van der Waals surface area contributed by atoms with Crippen LogP contribution in [0.15, 0.2) is 48.5 Å². The van der Waals surface area contributed by atoms with Crippen molar-refractivity contribution in [1.29, 1.82) is 0 Å². The number of alkyl halides is 4. The molecular weight excluding hydrogens is 926 g/mol. The van der Waals surface area contributed by atoms with E-state index in [-0.39, 0.29) is 19.1 Å².